The number of urea groups is 1. The fourth-order valence-corrected chi connectivity index (χ4v) is 2.88. The first-order valence-corrected chi connectivity index (χ1v) is 7.47. The number of likely N-dealkylation sites (tertiary alicyclic amines) is 1. The van der Waals surface area contributed by atoms with Crippen molar-refractivity contribution in [3.63, 3.8) is 0 Å². The van der Waals surface area contributed by atoms with E-state index in [1.54, 1.807) is 11.9 Å². The molecule has 0 aromatic heterocycles. The molecule has 2 saturated heterocycles. The molecule has 0 aliphatic carbocycles. The van der Waals surface area contributed by atoms with Crippen LogP contribution in [0.3, 0.4) is 0 Å². The minimum absolute atomic E-state index is 0.0422. The Bertz CT molecular complexity index is 426. The largest absolute Gasteiger partial charge is 0.396 e. The molecular formula is C14H23N3O4. The van der Waals surface area contributed by atoms with Crippen molar-refractivity contribution < 1.29 is 19.5 Å². The van der Waals surface area contributed by atoms with E-state index in [0.29, 0.717) is 25.9 Å². The minimum atomic E-state index is -0.286. The van der Waals surface area contributed by atoms with Crippen LogP contribution >= 0.6 is 0 Å². The van der Waals surface area contributed by atoms with Crippen LogP contribution in [0.4, 0.5) is 4.79 Å². The van der Waals surface area contributed by atoms with Gasteiger partial charge in [0.25, 0.3) is 0 Å². The molecular weight excluding hydrogens is 274 g/mol. The molecule has 0 bridgehead atoms. The summed E-state index contributed by atoms with van der Waals surface area (Å²) in [6, 6.07) is -0.286. The number of hydrogen-bond acceptors (Lipinski definition) is 4. The van der Waals surface area contributed by atoms with E-state index in [2.05, 4.69) is 0 Å². The maximum absolute atomic E-state index is 12.1. The summed E-state index contributed by atoms with van der Waals surface area (Å²) in [6.45, 7) is 1.88. The van der Waals surface area contributed by atoms with Gasteiger partial charge in [-0.2, -0.15) is 0 Å². The summed E-state index contributed by atoms with van der Waals surface area (Å²) >= 11 is 0. The van der Waals surface area contributed by atoms with Gasteiger partial charge in [-0.1, -0.05) is 0 Å². The molecule has 0 spiro atoms. The Balaban J connectivity index is 1.74. The van der Waals surface area contributed by atoms with Gasteiger partial charge in [0.05, 0.1) is 0 Å². The van der Waals surface area contributed by atoms with Crippen LogP contribution in [0.25, 0.3) is 0 Å². The van der Waals surface area contributed by atoms with Gasteiger partial charge in [-0.3, -0.25) is 14.5 Å². The summed E-state index contributed by atoms with van der Waals surface area (Å²) in [6.07, 6.45) is 2.71. The second kappa shape index (κ2) is 6.89. The molecule has 0 aromatic carbocycles. The van der Waals surface area contributed by atoms with E-state index < -0.39 is 0 Å². The number of amides is 4. The molecule has 4 amide bonds. The highest BCUT2D eigenvalue weighted by molar-refractivity contribution is 6.01. The van der Waals surface area contributed by atoms with Gasteiger partial charge >= 0.3 is 6.03 Å². The van der Waals surface area contributed by atoms with Gasteiger partial charge in [0.2, 0.25) is 11.8 Å². The molecule has 0 aromatic rings. The first-order valence-electron chi connectivity index (χ1n) is 7.47. The summed E-state index contributed by atoms with van der Waals surface area (Å²) in [5.41, 5.74) is 0. The van der Waals surface area contributed by atoms with Crippen molar-refractivity contribution >= 4 is 17.8 Å². The van der Waals surface area contributed by atoms with Crippen LogP contribution in [0.5, 0.6) is 0 Å². The standard InChI is InChI=1S/C14H23N3O4/c1-15-9-13(20)17(14(15)21)7-3-5-12(19)16-6-2-4-11(8-16)10-18/h11,18H,2-10H2,1H3. The lowest BCUT2D eigenvalue weighted by molar-refractivity contribution is -0.134. The van der Waals surface area contributed by atoms with E-state index in [-0.39, 0.29) is 36.9 Å². The predicted molar refractivity (Wildman–Crippen MR) is 75.4 cm³/mol. The number of imide groups is 1. The quantitative estimate of drug-likeness (QED) is 0.718. The van der Waals surface area contributed by atoms with Crippen LogP contribution in [-0.2, 0) is 9.59 Å². The zero-order chi connectivity index (χ0) is 15.4. The Hall–Kier alpha value is -1.63. The van der Waals surface area contributed by atoms with Gasteiger partial charge in [0.1, 0.15) is 6.54 Å². The van der Waals surface area contributed by atoms with E-state index in [4.69, 9.17) is 5.11 Å². The third kappa shape index (κ3) is 3.72. The zero-order valence-electron chi connectivity index (χ0n) is 12.5. The Morgan fingerprint density at radius 3 is 2.76 bits per heavy atom. The lowest BCUT2D eigenvalue weighted by Crippen LogP contribution is -2.41. The van der Waals surface area contributed by atoms with Crippen LogP contribution in [0, 0.1) is 5.92 Å². The SMILES string of the molecule is CN1CC(=O)N(CCCC(=O)N2CCCC(CO)C2)C1=O. The summed E-state index contributed by atoms with van der Waals surface area (Å²) in [5, 5.41) is 9.17. The maximum atomic E-state index is 12.1. The number of aliphatic hydroxyl groups is 1. The number of piperidine rings is 1. The van der Waals surface area contributed by atoms with Crippen molar-refractivity contribution in [3.05, 3.63) is 0 Å². The first-order chi connectivity index (χ1) is 10.0. The molecule has 1 atom stereocenters. The van der Waals surface area contributed by atoms with Gasteiger partial charge in [-0.05, 0) is 25.2 Å². The average Bonchev–Trinajstić information content (AvgIpc) is 2.73. The number of aliphatic hydroxyl groups excluding tert-OH is 1. The Kier molecular flexibility index (Phi) is 5.17. The summed E-state index contributed by atoms with van der Waals surface area (Å²) in [5.74, 6) is 0.0203. The summed E-state index contributed by atoms with van der Waals surface area (Å²) in [4.78, 5) is 39.7. The topological polar surface area (TPSA) is 81.2 Å². The molecule has 21 heavy (non-hydrogen) atoms. The maximum Gasteiger partial charge on any atom is 0.326 e. The van der Waals surface area contributed by atoms with Crippen molar-refractivity contribution in [1.29, 1.82) is 0 Å². The molecule has 2 aliphatic rings. The third-order valence-electron chi connectivity index (χ3n) is 4.13. The molecule has 7 heteroatoms. The number of nitrogens with zero attached hydrogens (tertiary/aromatic N) is 3. The van der Waals surface area contributed by atoms with E-state index in [0.717, 1.165) is 19.4 Å². The minimum Gasteiger partial charge on any atom is -0.396 e. The third-order valence-corrected chi connectivity index (χ3v) is 4.13. The van der Waals surface area contributed by atoms with Crippen molar-refractivity contribution in [1.82, 2.24) is 14.7 Å². The number of hydrogen-bond donors (Lipinski definition) is 1. The fraction of sp³-hybridized carbons (Fsp3) is 0.786. The second-order valence-corrected chi connectivity index (χ2v) is 5.82. The van der Waals surface area contributed by atoms with Crippen LogP contribution < -0.4 is 0 Å². The Morgan fingerprint density at radius 1 is 1.38 bits per heavy atom. The molecule has 0 saturated carbocycles. The molecule has 2 fully saturated rings. The molecule has 2 aliphatic heterocycles. The lowest BCUT2D eigenvalue weighted by Gasteiger charge is -2.32. The van der Waals surface area contributed by atoms with E-state index in [1.807, 2.05) is 0 Å². The predicted octanol–water partition coefficient (Wildman–Crippen LogP) is -0.108. The molecule has 2 heterocycles. The van der Waals surface area contributed by atoms with Gasteiger partial charge in [0.15, 0.2) is 0 Å². The molecule has 7 nitrogen and oxygen atoms in total. The van der Waals surface area contributed by atoms with Crippen molar-refractivity contribution in [3.8, 4) is 0 Å². The van der Waals surface area contributed by atoms with Gasteiger partial charge < -0.3 is 14.9 Å². The molecule has 2 rings (SSSR count). The first kappa shape index (κ1) is 15.8. The van der Waals surface area contributed by atoms with Gasteiger partial charge in [-0.15, -0.1) is 0 Å². The monoisotopic (exact) mass is 297 g/mol. The van der Waals surface area contributed by atoms with Gasteiger partial charge in [0, 0.05) is 39.7 Å². The number of carbonyl (C=O) groups is 3. The molecule has 1 unspecified atom stereocenters. The summed E-state index contributed by atoms with van der Waals surface area (Å²) in [7, 11) is 1.59. The summed E-state index contributed by atoms with van der Waals surface area (Å²) < 4.78 is 0. The lowest BCUT2D eigenvalue weighted by atomic mass is 9.99. The van der Waals surface area contributed by atoms with E-state index >= 15 is 0 Å². The fourth-order valence-electron chi connectivity index (χ4n) is 2.88. The Morgan fingerprint density at radius 2 is 2.14 bits per heavy atom. The highest BCUT2D eigenvalue weighted by atomic mass is 16.3. The van der Waals surface area contributed by atoms with Crippen LogP contribution in [0.15, 0.2) is 0 Å². The molecule has 0 radical (unpaired) electrons. The van der Waals surface area contributed by atoms with E-state index in [1.165, 1.54) is 9.80 Å². The second-order valence-electron chi connectivity index (χ2n) is 5.82. The number of carbonyl (C=O) groups excluding carboxylic acids is 3. The number of rotatable bonds is 5. The zero-order valence-corrected chi connectivity index (χ0v) is 12.5. The van der Waals surface area contributed by atoms with Crippen LogP contribution in [0.1, 0.15) is 25.7 Å². The average molecular weight is 297 g/mol. The molecule has 118 valence electrons. The normalized spacial score (nSPS) is 23.1. The van der Waals surface area contributed by atoms with Crippen molar-refractivity contribution in [2.45, 2.75) is 25.7 Å². The van der Waals surface area contributed by atoms with Crippen LogP contribution in [0.2, 0.25) is 0 Å². The van der Waals surface area contributed by atoms with Crippen LogP contribution in [-0.4, -0.2) is 77.5 Å². The van der Waals surface area contributed by atoms with Crippen molar-refractivity contribution in [2.75, 3.05) is 39.8 Å². The van der Waals surface area contributed by atoms with Crippen molar-refractivity contribution in [2.24, 2.45) is 5.92 Å². The number of likely N-dealkylation sites (N-methyl/N-ethyl adjacent to an activating group) is 1. The smallest absolute Gasteiger partial charge is 0.326 e. The Labute approximate surface area is 124 Å². The van der Waals surface area contributed by atoms with E-state index in [9.17, 15) is 14.4 Å². The highest BCUT2D eigenvalue weighted by Gasteiger charge is 2.33. The van der Waals surface area contributed by atoms with Gasteiger partial charge in [-0.25, -0.2) is 4.79 Å². The molecule has 1 N–H and O–H groups in total. The highest BCUT2D eigenvalue weighted by Crippen LogP contribution is 2.17.